The van der Waals surface area contributed by atoms with E-state index in [1.807, 2.05) is 12.1 Å². The molecule has 0 saturated heterocycles. The van der Waals surface area contributed by atoms with Crippen molar-refractivity contribution in [1.82, 2.24) is 0 Å². The summed E-state index contributed by atoms with van der Waals surface area (Å²) in [6, 6.07) is 11.1. The van der Waals surface area contributed by atoms with E-state index in [9.17, 15) is 8.78 Å². The highest BCUT2D eigenvalue weighted by Gasteiger charge is 2.36. The molecule has 0 amide bonds. The first-order chi connectivity index (χ1) is 14.1. The fraction of sp³-hybridized carbons (Fsp3) is 0.520. The lowest BCUT2D eigenvalue weighted by atomic mass is 9.65. The van der Waals surface area contributed by atoms with Crippen LogP contribution in [0.15, 0.2) is 36.4 Å². The molecule has 29 heavy (non-hydrogen) atoms. The van der Waals surface area contributed by atoms with Crippen molar-refractivity contribution < 1.29 is 18.3 Å². The van der Waals surface area contributed by atoms with Crippen molar-refractivity contribution in [3.8, 4) is 16.9 Å². The molecular formula is C25H30F2O2. The Labute approximate surface area is 172 Å². The Morgan fingerprint density at radius 2 is 1.59 bits per heavy atom. The third kappa shape index (κ3) is 4.18. The van der Waals surface area contributed by atoms with Gasteiger partial charge >= 0.3 is 0 Å². The number of fused-ring (bicyclic) bond motifs is 1. The molecule has 2 fully saturated rings. The molecule has 0 spiro atoms. The summed E-state index contributed by atoms with van der Waals surface area (Å²) in [6.07, 6.45) is 7.81. The maximum atomic E-state index is 14.4. The van der Waals surface area contributed by atoms with Gasteiger partial charge in [0.2, 0.25) is 5.82 Å². The average molecular weight is 401 g/mol. The summed E-state index contributed by atoms with van der Waals surface area (Å²) >= 11 is 0. The van der Waals surface area contributed by atoms with Crippen LogP contribution in [0, 0.1) is 23.5 Å². The summed E-state index contributed by atoms with van der Waals surface area (Å²) in [4.78, 5) is 0. The van der Waals surface area contributed by atoms with Crippen molar-refractivity contribution in [2.45, 2.75) is 57.5 Å². The van der Waals surface area contributed by atoms with Crippen LogP contribution in [0.2, 0.25) is 0 Å². The van der Waals surface area contributed by atoms with Crippen LogP contribution >= 0.6 is 0 Å². The second kappa shape index (κ2) is 8.83. The molecule has 0 aromatic heterocycles. The van der Waals surface area contributed by atoms with Crippen LogP contribution in [0.1, 0.15) is 56.9 Å². The maximum Gasteiger partial charge on any atom is 0.201 e. The minimum absolute atomic E-state index is 0.0707. The van der Waals surface area contributed by atoms with Gasteiger partial charge in [0, 0.05) is 12.2 Å². The molecule has 2 aliphatic rings. The fourth-order valence-electron chi connectivity index (χ4n) is 5.38. The topological polar surface area (TPSA) is 18.5 Å². The van der Waals surface area contributed by atoms with E-state index in [4.69, 9.17) is 9.47 Å². The zero-order valence-corrected chi connectivity index (χ0v) is 17.3. The Kier molecular flexibility index (Phi) is 6.19. The number of hydrogen-bond acceptors (Lipinski definition) is 2. The lowest BCUT2D eigenvalue weighted by Crippen LogP contribution is -2.33. The van der Waals surface area contributed by atoms with Crippen LogP contribution < -0.4 is 4.74 Å². The summed E-state index contributed by atoms with van der Waals surface area (Å²) in [6.45, 7) is 2.90. The SMILES string of the molecule is CCOC1CCC2CC(c3ccc(-c4ccc(OC)c(F)c4F)cc3)CCC2C1. The van der Waals surface area contributed by atoms with Gasteiger partial charge in [-0.15, -0.1) is 0 Å². The zero-order chi connectivity index (χ0) is 20.4. The number of hydrogen-bond donors (Lipinski definition) is 0. The molecule has 4 atom stereocenters. The second-order valence-electron chi connectivity index (χ2n) is 8.49. The number of halogens is 2. The van der Waals surface area contributed by atoms with Gasteiger partial charge in [0.05, 0.1) is 13.2 Å². The summed E-state index contributed by atoms with van der Waals surface area (Å²) in [5, 5.41) is 0. The van der Waals surface area contributed by atoms with Crippen LogP contribution in [0.4, 0.5) is 8.78 Å². The molecule has 2 nitrogen and oxygen atoms in total. The van der Waals surface area contributed by atoms with Gasteiger partial charge in [0.1, 0.15) is 0 Å². The second-order valence-corrected chi connectivity index (χ2v) is 8.49. The number of rotatable bonds is 5. The minimum Gasteiger partial charge on any atom is -0.494 e. The lowest BCUT2D eigenvalue weighted by molar-refractivity contribution is -0.00955. The van der Waals surface area contributed by atoms with E-state index in [1.165, 1.54) is 57.3 Å². The largest absolute Gasteiger partial charge is 0.494 e. The number of benzene rings is 2. The lowest BCUT2D eigenvalue weighted by Gasteiger charge is -2.42. The molecule has 0 aliphatic heterocycles. The highest BCUT2D eigenvalue weighted by atomic mass is 19.2. The summed E-state index contributed by atoms with van der Waals surface area (Å²) in [7, 11) is 1.34. The monoisotopic (exact) mass is 400 g/mol. The Morgan fingerprint density at radius 3 is 2.31 bits per heavy atom. The molecule has 2 aliphatic carbocycles. The van der Waals surface area contributed by atoms with E-state index >= 15 is 0 Å². The smallest absolute Gasteiger partial charge is 0.201 e. The Hall–Kier alpha value is -1.94. The van der Waals surface area contributed by atoms with Crippen LogP contribution in [-0.4, -0.2) is 19.8 Å². The molecule has 0 radical (unpaired) electrons. The molecule has 2 aromatic carbocycles. The van der Waals surface area contributed by atoms with Crippen molar-refractivity contribution in [2.24, 2.45) is 11.8 Å². The molecule has 156 valence electrons. The van der Waals surface area contributed by atoms with Gasteiger partial charge in [-0.3, -0.25) is 0 Å². The summed E-state index contributed by atoms with van der Waals surface area (Å²) < 4.78 is 39.2. The van der Waals surface area contributed by atoms with E-state index in [-0.39, 0.29) is 11.3 Å². The first-order valence-electron chi connectivity index (χ1n) is 10.8. The standard InChI is InChI=1S/C25H30F2O2/c1-3-29-21-11-10-19-14-18(8-9-20(19)15-21)16-4-6-17(7-5-16)22-12-13-23(28-2)25(27)24(22)26/h4-7,12-13,18-21H,3,8-11,14-15H2,1-2H3. The van der Waals surface area contributed by atoms with E-state index in [0.717, 1.165) is 18.4 Å². The van der Waals surface area contributed by atoms with Gasteiger partial charge < -0.3 is 9.47 Å². The molecule has 4 unspecified atom stereocenters. The van der Waals surface area contributed by atoms with Crippen molar-refractivity contribution in [3.63, 3.8) is 0 Å². The quantitative estimate of drug-likeness (QED) is 0.554. The predicted octanol–water partition coefficient (Wildman–Crippen LogP) is 6.73. The van der Waals surface area contributed by atoms with Crippen molar-refractivity contribution in [3.05, 3.63) is 53.6 Å². The zero-order valence-electron chi connectivity index (χ0n) is 17.3. The van der Waals surface area contributed by atoms with Crippen molar-refractivity contribution in [1.29, 1.82) is 0 Å². The third-order valence-corrected chi connectivity index (χ3v) is 6.93. The summed E-state index contributed by atoms with van der Waals surface area (Å²) in [5.74, 6) is 0.286. The first kappa shape index (κ1) is 20.3. The molecular weight excluding hydrogens is 370 g/mol. The van der Waals surface area contributed by atoms with Crippen LogP contribution in [0.5, 0.6) is 5.75 Å². The van der Waals surface area contributed by atoms with Crippen molar-refractivity contribution in [2.75, 3.05) is 13.7 Å². The third-order valence-electron chi connectivity index (χ3n) is 6.93. The Bertz CT molecular complexity index is 833. The van der Waals surface area contributed by atoms with Gasteiger partial charge in [-0.25, -0.2) is 4.39 Å². The van der Waals surface area contributed by atoms with Crippen molar-refractivity contribution >= 4 is 0 Å². The fourth-order valence-corrected chi connectivity index (χ4v) is 5.38. The van der Waals surface area contributed by atoms with E-state index in [2.05, 4.69) is 19.1 Å². The molecule has 4 rings (SSSR count). The molecule has 2 saturated carbocycles. The normalized spacial score (nSPS) is 26.8. The minimum atomic E-state index is -0.935. The highest BCUT2D eigenvalue weighted by Crippen LogP contribution is 2.46. The molecule has 2 aromatic rings. The van der Waals surface area contributed by atoms with Gasteiger partial charge in [-0.1, -0.05) is 24.3 Å². The molecule has 0 N–H and O–H groups in total. The molecule has 0 bridgehead atoms. The molecule has 4 heteroatoms. The molecule has 0 heterocycles. The number of methoxy groups -OCH3 is 1. The average Bonchev–Trinajstić information content (AvgIpc) is 2.76. The van der Waals surface area contributed by atoms with Gasteiger partial charge in [0.25, 0.3) is 0 Å². The maximum absolute atomic E-state index is 14.4. The van der Waals surface area contributed by atoms with E-state index < -0.39 is 11.6 Å². The summed E-state index contributed by atoms with van der Waals surface area (Å²) in [5.41, 5.74) is 2.28. The Morgan fingerprint density at radius 1 is 0.862 bits per heavy atom. The highest BCUT2D eigenvalue weighted by molar-refractivity contribution is 5.65. The van der Waals surface area contributed by atoms with Gasteiger partial charge in [0.15, 0.2) is 11.6 Å². The van der Waals surface area contributed by atoms with Gasteiger partial charge in [-0.2, -0.15) is 4.39 Å². The van der Waals surface area contributed by atoms with Crippen LogP contribution in [-0.2, 0) is 4.74 Å². The van der Waals surface area contributed by atoms with Crippen LogP contribution in [0.3, 0.4) is 0 Å². The van der Waals surface area contributed by atoms with Gasteiger partial charge in [-0.05, 0) is 86.5 Å². The first-order valence-corrected chi connectivity index (χ1v) is 10.8. The Balaban J connectivity index is 1.45. The number of ether oxygens (including phenoxy) is 2. The van der Waals surface area contributed by atoms with E-state index in [1.54, 1.807) is 6.07 Å². The van der Waals surface area contributed by atoms with Crippen LogP contribution in [0.25, 0.3) is 11.1 Å². The predicted molar refractivity (Wildman–Crippen MR) is 111 cm³/mol. The van der Waals surface area contributed by atoms with E-state index in [0.29, 0.717) is 17.6 Å².